The third kappa shape index (κ3) is 6.11. The maximum Gasteiger partial charge on any atom is 0.271 e. The van der Waals surface area contributed by atoms with Gasteiger partial charge in [-0.2, -0.15) is 5.10 Å². The highest BCUT2D eigenvalue weighted by molar-refractivity contribution is 7.92. The Labute approximate surface area is 193 Å². The van der Waals surface area contributed by atoms with Crippen LogP contribution in [0.1, 0.15) is 28.4 Å². The van der Waals surface area contributed by atoms with Crippen LogP contribution in [0.3, 0.4) is 0 Å². The highest BCUT2D eigenvalue weighted by atomic mass is 32.2. The molecular weight excluding hydrogens is 442 g/mol. The minimum atomic E-state index is -3.72. The summed E-state index contributed by atoms with van der Waals surface area (Å²) < 4.78 is 38.4. The van der Waals surface area contributed by atoms with Gasteiger partial charge in [0.1, 0.15) is 0 Å². The van der Waals surface area contributed by atoms with Gasteiger partial charge >= 0.3 is 0 Å². The Morgan fingerprint density at radius 2 is 1.73 bits per heavy atom. The van der Waals surface area contributed by atoms with Crippen molar-refractivity contribution in [1.82, 2.24) is 5.43 Å². The Morgan fingerprint density at radius 1 is 1.03 bits per heavy atom. The van der Waals surface area contributed by atoms with Gasteiger partial charge in [-0.25, -0.2) is 13.8 Å². The van der Waals surface area contributed by atoms with Crippen LogP contribution in [-0.2, 0) is 10.0 Å². The van der Waals surface area contributed by atoms with Crippen molar-refractivity contribution in [3.63, 3.8) is 0 Å². The second kappa shape index (κ2) is 10.6. The number of sulfonamides is 1. The molecule has 0 bridgehead atoms. The van der Waals surface area contributed by atoms with E-state index in [1.807, 2.05) is 13.8 Å². The number of para-hydroxylation sites is 1. The number of aryl methyl sites for hydroxylation is 1. The van der Waals surface area contributed by atoms with E-state index < -0.39 is 15.9 Å². The van der Waals surface area contributed by atoms with Gasteiger partial charge in [-0.1, -0.05) is 23.8 Å². The summed E-state index contributed by atoms with van der Waals surface area (Å²) in [7, 11) is -2.17. The van der Waals surface area contributed by atoms with Crippen LogP contribution in [0.25, 0.3) is 0 Å². The number of ether oxygens (including phenoxy) is 2. The third-order valence-electron chi connectivity index (χ3n) is 4.62. The number of benzene rings is 3. The monoisotopic (exact) mass is 467 g/mol. The zero-order valence-corrected chi connectivity index (χ0v) is 19.3. The average molecular weight is 468 g/mol. The first-order chi connectivity index (χ1) is 15.8. The highest BCUT2D eigenvalue weighted by Crippen LogP contribution is 2.29. The summed E-state index contributed by atoms with van der Waals surface area (Å²) in [6.07, 6.45) is 1.47. The van der Waals surface area contributed by atoms with Gasteiger partial charge in [0.15, 0.2) is 11.5 Å². The van der Waals surface area contributed by atoms with E-state index in [1.165, 1.54) is 42.6 Å². The molecule has 8 nitrogen and oxygen atoms in total. The number of carbonyl (C=O) groups is 1. The van der Waals surface area contributed by atoms with Crippen molar-refractivity contribution in [2.24, 2.45) is 5.10 Å². The smallest absolute Gasteiger partial charge is 0.271 e. The van der Waals surface area contributed by atoms with Gasteiger partial charge in [-0.3, -0.25) is 9.52 Å². The molecule has 0 saturated heterocycles. The maximum absolute atomic E-state index is 12.5. The van der Waals surface area contributed by atoms with Gasteiger partial charge in [-0.05, 0) is 62.4 Å². The summed E-state index contributed by atoms with van der Waals surface area (Å²) in [5.74, 6) is 0.654. The molecule has 1 amide bonds. The van der Waals surface area contributed by atoms with E-state index in [-0.39, 0.29) is 4.90 Å². The van der Waals surface area contributed by atoms with E-state index in [0.717, 1.165) is 5.56 Å². The molecule has 3 aromatic carbocycles. The number of nitrogens with zero attached hydrogens (tertiary/aromatic N) is 1. The lowest BCUT2D eigenvalue weighted by molar-refractivity contribution is 0.0955. The Hall–Kier alpha value is -3.85. The molecule has 0 radical (unpaired) electrons. The molecule has 3 aromatic rings. The van der Waals surface area contributed by atoms with Gasteiger partial charge < -0.3 is 9.47 Å². The lowest BCUT2D eigenvalue weighted by atomic mass is 10.2. The predicted molar refractivity (Wildman–Crippen MR) is 128 cm³/mol. The van der Waals surface area contributed by atoms with Crippen LogP contribution < -0.4 is 19.6 Å². The van der Waals surface area contributed by atoms with Gasteiger partial charge in [0.05, 0.1) is 24.8 Å². The number of hydrogen-bond donors (Lipinski definition) is 2. The van der Waals surface area contributed by atoms with E-state index in [1.54, 1.807) is 37.4 Å². The third-order valence-corrected chi connectivity index (χ3v) is 6.02. The van der Waals surface area contributed by atoms with Crippen molar-refractivity contribution in [3.8, 4) is 11.5 Å². The van der Waals surface area contributed by atoms with Crippen LogP contribution in [0, 0.1) is 6.92 Å². The van der Waals surface area contributed by atoms with Crippen LogP contribution in [0.2, 0.25) is 0 Å². The van der Waals surface area contributed by atoms with Crippen molar-refractivity contribution >= 4 is 27.8 Å². The van der Waals surface area contributed by atoms with Crippen molar-refractivity contribution in [2.45, 2.75) is 18.7 Å². The molecule has 0 fully saturated rings. The quantitative estimate of drug-likeness (QED) is 0.366. The minimum Gasteiger partial charge on any atom is -0.493 e. The minimum absolute atomic E-state index is 0.160. The zero-order valence-electron chi connectivity index (χ0n) is 18.5. The Balaban J connectivity index is 1.66. The molecule has 9 heteroatoms. The Bertz CT molecular complexity index is 1240. The number of nitrogens with one attached hydrogen (secondary N) is 2. The van der Waals surface area contributed by atoms with Crippen molar-refractivity contribution < 1.29 is 22.7 Å². The van der Waals surface area contributed by atoms with Gasteiger partial charge in [-0.15, -0.1) is 0 Å². The molecule has 0 unspecified atom stereocenters. The zero-order chi connectivity index (χ0) is 23.8. The Kier molecular flexibility index (Phi) is 7.68. The van der Waals surface area contributed by atoms with Gasteiger partial charge in [0.2, 0.25) is 0 Å². The molecule has 0 spiro atoms. The number of anilines is 1. The second-order valence-electron chi connectivity index (χ2n) is 7.01. The number of rotatable bonds is 9. The van der Waals surface area contributed by atoms with Crippen LogP contribution in [-0.4, -0.2) is 34.3 Å². The van der Waals surface area contributed by atoms with E-state index >= 15 is 0 Å². The van der Waals surface area contributed by atoms with Crippen LogP contribution in [0.15, 0.2) is 76.7 Å². The van der Waals surface area contributed by atoms with Gasteiger partial charge in [0.25, 0.3) is 15.9 Å². The lowest BCUT2D eigenvalue weighted by Gasteiger charge is -2.11. The fourth-order valence-corrected chi connectivity index (χ4v) is 4.00. The van der Waals surface area contributed by atoms with Crippen molar-refractivity contribution in [3.05, 3.63) is 83.4 Å². The molecule has 0 aliphatic carbocycles. The first kappa shape index (κ1) is 23.8. The molecule has 3 rings (SSSR count). The Morgan fingerprint density at radius 3 is 2.36 bits per heavy atom. The summed E-state index contributed by atoms with van der Waals surface area (Å²) in [5, 5.41) is 3.99. The molecule has 0 atom stereocenters. The molecule has 0 aliphatic rings. The number of amides is 1. The van der Waals surface area contributed by atoms with Crippen molar-refractivity contribution in [1.29, 1.82) is 0 Å². The number of methoxy groups -OCH3 is 1. The number of hydrogen-bond acceptors (Lipinski definition) is 6. The first-order valence-corrected chi connectivity index (χ1v) is 11.6. The number of hydrazone groups is 1. The van der Waals surface area contributed by atoms with Gasteiger partial charge in [0, 0.05) is 16.8 Å². The lowest BCUT2D eigenvalue weighted by Crippen LogP contribution is -2.18. The molecule has 0 aromatic heterocycles. The average Bonchev–Trinajstić information content (AvgIpc) is 2.80. The van der Waals surface area contributed by atoms with Crippen LogP contribution in [0.4, 0.5) is 5.69 Å². The molecular formula is C24H25N3O5S. The van der Waals surface area contributed by atoms with Crippen molar-refractivity contribution in [2.75, 3.05) is 18.4 Å². The maximum atomic E-state index is 12.5. The summed E-state index contributed by atoms with van der Waals surface area (Å²) in [5.41, 5.74) is 4.73. The van der Waals surface area contributed by atoms with E-state index in [9.17, 15) is 13.2 Å². The molecule has 2 N–H and O–H groups in total. The standard InChI is InChI=1S/C24H25N3O5S/c1-4-32-23-19(6-5-7-22(23)31-3)16-25-26-24(28)18-10-12-20(13-11-18)27-33(29,30)21-14-8-17(2)9-15-21/h5-16,27H,4H2,1-3H3,(H,26,28)/b25-16-. The van der Waals surface area contributed by atoms with Crippen LogP contribution in [0.5, 0.6) is 11.5 Å². The van der Waals surface area contributed by atoms with E-state index in [0.29, 0.717) is 34.9 Å². The highest BCUT2D eigenvalue weighted by Gasteiger charge is 2.14. The SMILES string of the molecule is CCOc1c(/C=N\NC(=O)c2ccc(NS(=O)(=O)c3ccc(C)cc3)cc2)cccc1OC. The predicted octanol–water partition coefficient (Wildman–Crippen LogP) is 3.97. The summed E-state index contributed by atoms with van der Waals surface area (Å²) >= 11 is 0. The molecule has 0 aliphatic heterocycles. The molecule has 172 valence electrons. The molecule has 33 heavy (non-hydrogen) atoms. The second-order valence-corrected chi connectivity index (χ2v) is 8.69. The molecule has 0 saturated carbocycles. The summed E-state index contributed by atoms with van der Waals surface area (Å²) in [6, 6.07) is 17.9. The normalized spacial score (nSPS) is 11.2. The number of carbonyl (C=O) groups excluding carboxylic acids is 1. The fourth-order valence-electron chi connectivity index (χ4n) is 2.94. The van der Waals surface area contributed by atoms with Crippen LogP contribution >= 0.6 is 0 Å². The largest absolute Gasteiger partial charge is 0.493 e. The summed E-state index contributed by atoms with van der Waals surface area (Å²) in [6.45, 7) is 4.19. The first-order valence-electron chi connectivity index (χ1n) is 10.2. The van der Waals surface area contributed by atoms with E-state index in [4.69, 9.17) is 9.47 Å². The fraction of sp³-hybridized carbons (Fsp3) is 0.167. The summed E-state index contributed by atoms with van der Waals surface area (Å²) in [4.78, 5) is 12.6. The molecule has 0 heterocycles. The van der Waals surface area contributed by atoms with E-state index in [2.05, 4.69) is 15.2 Å². The topological polar surface area (TPSA) is 106 Å².